The fourth-order valence-corrected chi connectivity index (χ4v) is 4.43. The maximum atomic E-state index is 13.5. The van der Waals surface area contributed by atoms with Crippen LogP contribution in [0.4, 0.5) is 10.1 Å². The van der Waals surface area contributed by atoms with Gasteiger partial charge in [-0.25, -0.2) is 4.39 Å². The molecule has 1 unspecified atom stereocenters. The Hall–Kier alpha value is -3.64. The van der Waals surface area contributed by atoms with E-state index in [1.165, 1.54) is 17.7 Å². The van der Waals surface area contributed by atoms with E-state index in [2.05, 4.69) is 27.0 Å². The fourth-order valence-electron chi connectivity index (χ4n) is 4.43. The third-order valence-corrected chi connectivity index (χ3v) is 6.33. The van der Waals surface area contributed by atoms with Crippen molar-refractivity contribution in [2.75, 3.05) is 11.9 Å². The average molecular weight is 444 g/mol. The Bertz CT molecular complexity index is 1290. The highest BCUT2D eigenvalue weighted by Gasteiger charge is 2.29. The zero-order valence-electron chi connectivity index (χ0n) is 18.7. The maximum absolute atomic E-state index is 13.5. The molecule has 0 saturated carbocycles. The van der Waals surface area contributed by atoms with Gasteiger partial charge >= 0.3 is 0 Å². The normalized spacial score (nSPS) is 15.9. The Labute approximate surface area is 192 Å². The zero-order valence-corrected chi connectivity index (χ0v) is 18.7. The molecular weight excluding hydrogens is 417 g/mol. The smallest absolute Gasteiger partial charge is 0.291 e. The van der Waals surface area contributed by atoms with Gasteiger partial charge in [-0.2, -0.15) is 0 Å². The summed E-state index contributed by atoms with van der Waals surface area (Å²) in [6, 6.07) is 20.2. The van der Waals surface area contributed by atoms with E-state index in [1.54, 1.807) is 6.07 Å². The van der Waals surface area contributed by atoms with E-state index in [4.69, 9.17) is 4.42 Å². The standard InChI is InChI=1S/C27H26FN3O2/c1-18-5-10-22(16-19(18)2)29-27(32)25-12-11-23(33-25)17-31-15-14-30-13-3-4-24(30)26(31)20-6-8-21(28)9-7-20/h3-13,16,26H,14-15,17H2,1-2H3,(H,29,32). The van der Waals surface area contributed by atoms with Crippen LogP contribution in [0.2, 0.25) is 0 Å². The van der Waals surface area contributed by atoms with Crippen LogP contribution in [0.5, 0.6) is 0 Å². The Morgan fingerprint density at radius 3 is 2.64 bits per heavy atom. The molecule has 3 heterocycles. The molecule has 6 heteroatoms. The van der Waals surface area contributed by atoms with Crippen LogP contribution in [0.15, 0.2) is 77.3 Å². The van der Waals surface area contributed by atoms with Crippen LogP contribution in [0, 0.1) is 19.7 Å². The Morgan fingerprint density at radius 1 is 1.03 bits per heavy atom. The maximum Gasteiger partial charge on any atom is 0.291 e. The van der Waals surface area contributed by atoms with Crippen molar-refractivity contribution < 1.29 is 13.6 Å². The minimum atomic E-state index is -0.271. The summed E-state index contributed by atoms with van der Waals surface area (Å²) in [4.78, 5) is 15.0. The van der Waals surface area contributed by atoms with Crippen molar-refractivity contribution in [3.63, 3.8) is 0 Å². The molecule has 0 aliphatic carbocycles. The van der Waals surface area contributed by atoms with E-state index in [9.17, 15) is 9.18 Å². The second-order valence-electron chi connectivity index (χ2n) is 8.57. The van der Waals surface area contributed by atoms with Crippen LogP contribution in [0.3, 0.4) is 0 Å². The van der Waals surface area contributed by atoms with Crippen molar-refractivity contribution in [2.45, 2.75) is 33.0 Å². The number of aromatic nitrogens is 1. The number of anilines is 1. The van der Waals surface area contributed by atoms with Crippen molar-refractivity contribution in [3.8, 4) is 0 Å². The lowest BCUT2D eigenvalue weighted by Crippen LogP contribution is -2.37. The summed E-state index contributed by atoms with van der Waals surface area (Å²) >= 11 is 0. The highest BCUT2D eigenvalue weighted by atomic mass is 19.1. The molecule has 0 fully saturated rings. The molecule has 4 aromatic rings. The number of halogens is 1. The predicted octanol–water partition coefficient (Wildman–Crippen LogP) is 5.69. The summed E-state index contributed by atoms with van der Waals surface area (Å²) in [5.74, 6) is 0.475. The first-order valence-electron chi connectivity index (χ1n) is 11.1. The summed E-state index contributed by atoms with van der Waals surface area (Å²) in [6.07, 6.45) is 2.07. The molecule has 5 nitrogen and oxygen atoms in total. The number of rotatable bonds is 5. The van der Waals surface area contributed by atoms with Gasteiger partial charge in [-0.05, 0) is 79.1 Å². The first kappa shape index (κ1) is 21.2. The molecule has 1 aliphatic rings. The number of amides is 1. The van der Waals surface area contributed by atoms with Crippen LogP contribution in [0.25, 0.3) is 0 Å². The minimum absolute atomic E-state index is 0.0211. The molecule has 0 radical (unpaired) electrons. The average Bonchev–Trinajstić information content (AvgIpc) is 3.47. The van der Waals surface area contributed by atoms with Crippen LogP contribution in [0.1, 0.15) is 44.7 Å². The molecule has 2 aromatic carbocycles. The third-order valence-electron chi connectivity index (χ3n) is 6.33. The number of benzene rings is 2. The van der Waals surface area contributed by atoms with Crippen molar-refractivity contribution in [1.82, 2.24) is 9.47 Å². The van der Waals surface area contributed by atoms with Gasteiger partial charge in [0.05, 0.1) is 12.6 Å². The van der Waals surface area contributed by atoms with E-state index < -0.39 is 0 Å². The van der Waals surface area contributed by atoms with Gasteiger partial charge in [0.15, 0.2) is 5.76 Å². The molecule has 0 spiro atoms. The van der Waals surface area contributed by atoms with Gasteiger partial charge in [0.2, 0.25) is 0 Å². The number of furan rings is 1. The largest absolute Gasteiger partial charge is 0.455 e. The highest BCUT2D eigenvalue weighted by Crippen LogP contribution is 2.33. The first-order valence-corrected chi connectivity index (χ1v) is 11.1. The molecule has 5 rings (SSSR count). The lowest BCUT2D eigenvalue weighted by Gasteiger charge is -2.36. The van der Waals surface area contributed by atoms with Gasteiger partial charge in [0, 0.05) is 30.7 Å². The quantitative estimate of drug-likeness (QED) is 0.431. The lowest BCUT2D eigenvalue weighted by molar-refractivity contribution is 0.0990. The molecule has 33 heavy (non-hydrogen) atoms. The second-order valence-corrected chi connectivity index (χ2v) is 8.57. The summed E-state index contributed by atoms with van der Waals surface area (Å²) in [7, 11) is 0. The minimum Gasteiger partial charge on any atom is -0.455 e. The zero-order chi connectivity index (χ0) is 22.9. The lowest BCUT2D eigenvalue weighted by atomic mass is 9.99. The Kier molecular flexibility index (Phi) is 5.60. The second kappa shape index (κ2) is 8.71. The van der Waals surface area contributed by atoms with Crippen molar-refractivity contribution >= 4 is 11.6 Å². The Balaban J connectivity index is 1.35. The summed E-state index contributed by atoms with van der Waals surface area (Å²) in [6.45, 7) is 6.28. The Morgan fingerprint density at radius 2 is 1.85 bits per heavy atom. The molecule has 1 N–H and O–H groups in total. The van der Waals surface area contributed by atoms with Gasteiger partial charge in [0.1, 0.15) is 11.6 Å². The van der Waals surface area contributed by atoms with Crippen LogP contribution < -0.4 is 5.32 Å². The van der Waals surface area contributed by atoms with Crippen molar-refractivity contribution in [3.05, 3.63) is 113 Å². The van der Waals surface area contributed by atoms with E-state index in [0.717, 1.165) is 35.6 Å². The van der Waals surface area contributed by atoms with Crippen molar-refractivity contribution in [2.24, 2.45) is 0 Å². The highest BCUT2D eigenvalue weighted by molar-refractivity contribution is 6.02. The van der Waals surface area contributed by atoms with Gasteiger partial charge in [-0.3, -0.25) is 9.69 Å². The number of fused-ring (bicyclic) bond motifs is 1. The van der Waals surface area contributed by atoms with Crippen LogP contribution in [-0.2, 0) is 13.1 Å². The number of aryl methyl sites for hydroxylation is 2. The SMILES string of the molecule is Cc1ccc(NC(=O)c2ccc(CN3CCn4cccc4C3c3ccc(F)cc3)o2)cc1C. The molecular formula is C27H26FN3O2. The van der Waals surface area contributed by atoms with E-state index in [1.807, 2.05) is 56.3 Å². The summed E-state index contributed by atoms with van der Waals surface area (Å²) in [5.41, 5.74) is 5.22. The van der Waals surface area contributed by atoms with Crippen LogP contribution in [-0.4, -0.2) is 21.9 Å². The summed E-state index contributed by atoms with van der Waals surface area (Å²) < 4.78 is 21.7. The van der Waals surface area contributed by atoms with Gasteiger partial charge in [-0.15, -0.1) is 0 Å². The number of hydrogen-bond acceptors (Lipinski definition) is 3. The van der Waals surface area contributed by atoms with Crippen LogP contribution >= 0.6 is 0 Å². The molecule has 0 saturated heterocycles. The molecule has 168 valence electrons. The topological polar surface area (TPSA) is 50.4 Å². The monoisotopic (exact) mass is 443 g/mol. The van der Waals surface area contributed by atoms with E-state index >= 15 is 0 Å². The number of nitrogens with one attached hydrogen (secondary N) is 1. The van der Waals surface area contributed by atoms with Gasteiger partial charge in [-0.1, -0.05) is 18.2 Å². The number of hydrogen-bond donors (Lipinski definition) is 1. The molecule has 0 bridgehead atoms. The number of carbonyl (C=O) groups excluding carboxylic acids is 1. The number of carbonyl (C=O) groups is 1. The first-order chi connectivity index (χ1) is 16.0. The third kappa shape index (κ3) is 4.34. The predicted molar refractivity (Wildman–Crippen MR) is 126 cm³/mol. The van der Waals surface area contributed by atoms with Gasteiger partial charge < -0.3 is 14.3 Å². The van der Waals surface area contributed by atoms with E-state index in [-0.39, 0.29) is 23.5 Å². The van der Waals surface area contributed by atoms with E-state index in [0.29, 0.717) is 12.3 Å². The molecule has 1 aliphatic heterocycles. The molecule has 2 aromatic heterocycles. The molecule has 1 atom stereocenters. The van der Waals surface area contributed by atoms with Gasteiger partial charge in [0.25, 0.3) is 5.91 Å². The summed E-state index contributed by atoms with van der Waals surface area (Å²) in [5, 5.41) is 2.91. The van der Waals surface area contributed by atoms with Crippen molar-refractivity contribution in [1.29, 1.82) is 0 Å². The number of nitrogens with zero attached hydrogens (tertiary/aromatic N) is 2. The molecule has 1 amide bonds. The fraction of sp³-hybridized carbons (Fsp3) is 0.222.